The summed E-state index contributed by atoms with van der Waals surface area (Å²) in [6.45, 7) is 5.32. The zero-order chi connectivity index (χ0) is 22.3. The summed E-state index contributed by atoms with van der Waals surface area (Å²) in [6.07, 6.45) is 1.59. The molecule has 1 aliphatic rings. The molecule has 31 heavy (non-hydrogen) atoms. The molecule has 1 heterocycles. The summed E-state index contributed by atoms with van der Waals surface area (Å²) >= 11 is 6.23. The standard InChI is InChI=1S/C24H32ClNO5/c1-18-5-7-20(25)22(13-18)31-17-24(27)9-4-10-26(16-24)15-19-6-8-21(29-3)23(14-19)30-12-11-28-2/h5-8,13-14,27H,4,9-12,15-17H2,1-3H3. The molecule has 2 aromatic carbocycles. The predicted octanol–water partition coefficient (Wildman–Crippen LogP) is 4.09. The molecule has 1 aliphatic heterocycles. The van der Waals surface area contributed by atoms with Crippen molar-refractivity contribution in [2.24, 2.45) is 0 Å². The molecule has 0 aliphatic carbocycles. The smallest absolute Gasteiger partial charge is 0.161 e. The number of ether oxygens (including phenoxy) is 4. The van der Waals surface area contributed by atoms with Crippen LogP contribution >= 0.6 is 11.6 Å². The minimum atomic E-state index is -0.921. The van der Waals surface area contributed by atoms with Crippen molar-refractivity contribution in [1.82, 2.24) is 4.90 Å². The number of rotatable bonds is 10. The Bertz CT molecular complexity index is 862. The molecule has 1 unspecified atom stereocenters. The highest BCUT2D eigenvalue weighted by molar-refractivity contribution is 6.32. The van der Waals surface area contributed by atoms with E-state index in [2.05, 4.69) is 4.90 Å². The SMILES string of the molecule is COCCOc1cc(CN2CCCC(O)(COc3cc(C)ccc3Cl)C2)ccc1OC. The van der Waals surface area contributed by atoms with Crippen LogP contribution < -0.4 is 14.2 Å². The van der Waals surface area contributed by atoms with Gasteiger partial charge in [-0.3, -0.25) is 4.90 Å². The lowest BCUT2D eigenvalue weighted by molar-refractivity contribution is -0.0621. The molecule has 170 valence electrons. The van der Waals surface area contributed by atoms with Crippen molar-refractivity contribution in [3.05, 3.63) is 52.5 Å². The number of aryl methyl sites for hydroxylation is 1. The Morgan fingerprint density at radius 2 is 1.87 bits per heavy atom. The lowest BCUT2D eigenvalue weighted by Crippen LogP contribution is -2.51. The van der Waals surface area contributed by atoms with Gasteiger partial charge in [0.25, 0.3) is 0 Å². The number of aliphatic hydroxyl groups is 1. The number of halogens is 1. The fourth-order valence-electron chi connectivity index (χ4n) is 3.82. The average molecular weight is 450 g/mol. The summed E-state index contributed by atoms with van der Waals surface area (Å²) in [6, 6.07) is 11.6. The van der Waals surface area contributed by atoms with E-state index in [1.165, 1.54) is 0 Å². The van der Waals surface area contributed by atoms with E-state index >= 15 is 0 Å². The Hall–Kier alpha value is -1.99. The van der Waals surface area contributed by atoms with E-state index in [9.17, 15) is 5.11 Å². The molecule has 2 aromatic rings. The molecule has 0 radical (unpaired) electrons. The van der Waals surface area contributed by atoms with Gasteiger partial charge in [-0.25, -0.2) is 0 Å². The molecule has 0 aromatic heterocycles. The van der Waals surface area contributed by atoms with Crippen LogP contribution in [0.2, 0.25) is 5.02 Å². The maximum atomic E-state index is 11.2. The first-order valence-electron chi connectivity index (χ1n) is 10.5. The van der Waals surface area contributed by atoms with Crippen molar-refractivity contribution >= 4 is 11.6 Å². The van der Waals surface area contributed by atoms with Gasteiger partial charge in [0.05, 0.1) is 18.7 Å². The Balaban J connectivity index is 1.62. The monoisotopic (exact) mass is 449 g/mol. The lowest BCUT2D eigenvalue weighted by Gasteiger charge is -2.39. The third-order valence-corrected chi connectivity index (χ3v) is 5.71. The van der Waals surface area contributed by atoms with Crippen molar-refractivity contribution in [3.8, 4) is 17.2 Å². The normalized spacial score (nSPS) is 19.3. The number of hydrogen-bond donors (Lipinski definition) is 1. The molecule has 1 fully saturated rings. The molecule has 1 atom stereocenters. The number of β-amino-alcohol motifs (C(OH)–C–C–N with tert-alkyl or cyclic N) is 1. The van der Waals surface area contributed by atoms with Crippen LogP contribution in [0.15, 0.2) is 36.4 Å². The average Bonchev–Trinajstić information content (AvgIpc) is 2.75. The minimum Gasteiger partial charge on any atom is -0.493 e. The van der Waals surface area contributed by atoms with Gasteiger partial charge in [0.15, 0.2) is 11.5 Å². The summed E-state index contributed by atoms with van der Waals surface area (Å²) < 4.78 is 22.2. The van der Waals surface area contributed by atoms with Crippen LogP contribution in [0.25, 0.3) is 0 Å². The van der Waals surface area contributed by atoms with Crippen LogP contribution in [-0.2, 0) is 11.3 Å². The molecular weight excluding hydrogens is 418 g/mol. The highest BCUT2D eigenvalue weighted by atomic mass is 35.5. The molecule has 0 spiro atoms. The first kappa shape index (κ1) is 23.7. The third-order valence-electron chi connectivity index (χ3n) is 5.40. The molecule has 0 bridgehead atoms. The van der Waals surface area contributed by atoms with Crippen molar-refractivity contribution in [2.75, 3.05) is 47.1 Å². The fourth-order valence-corrected chi connectivity index (χ4v) is 3.99. The molecule has 7 heteroatoms. The maximum absolute atomic E-state index is 11.2. The largest absolute Gasteiger partial charge is 0.493 e. The van der Waals surface area contributed by atoms with Crippen molar-refractivity contribution in [2.45, 2.75) is 31.9 Å². The first-order chi connectivity index (χ1) is 14.9. The van der Waals surface area contributed by atoms with Gasteiger partial charge in [0.2, 0.25) is 0 Å². The van der Waals surface area contributed by atoms with Gasteiger partial charge in [-0.2, -0.15) is 0 Å². The quantitative estimate of drug-likeness (QED) is 0.551. The van der Waals surface area contributed by atoms with E-state index in [-0.39, 0.29) is 6.61 Å². The van der Waals surface area contributed by atoms with Crippen LogP contribution in [0.3, 0.4) is 0 Å². The second-order valence-corrected chi connectivity index (χ2v) is 8.49. The van der Waals surface area contributed by atoms with Crippen LogP contribution in [0.4, 0.5) is 0 Å². The Labute approximate surface area is 189 Å². The number of benzene rings is 2. The van der Waals surface area contributed by atoms with Gasteiger partial charge in [0.1, 0.15) is 24.6 Å². The maximum Gasteiger partial charge on any atom is 0.161 e. The molecule has 0 amide bonds. The van der Waals surface area contributed by atoms with Crippen LogP contribution in [0.5, 0.6) is 17.2 Å². The topological polar surface area (TPSA) is 60.4 Å². The van der Waals surface area contributed by atoms with E-state index in [0.717, 1.165) is 24.1 Å². The lowest BCUT2D eigenvalue weighted by atomic mass is 9.93. The van der Waals surface area contributed by atoms with Crippen LogP contribution in [-0.4, -0.2) is 62.7 Å². The zero-order valence-electron chi connectivity index (χ0n) is 18.5. The van der Waals surface area contributed by atoms with E-state index in [0.29, 0.717) is 55.0 Å². The minimum absolute atomic E-state index is 0.209. The van der Waals surface area contributed by atoms with Gasteiger partial charge in [-0.15, -0.1) is 0 Å². The molecule has 0 saturated carbocycles. The molecule has 1 saturated heterocycles. The van der Waals surface area contributed by atoms with E-state index in [1.807, 2.05) is 43.3 Å². The number of methoxy groups -OCH3 is 2. The number of nitrogens with zero attached hydrogens (tertiary/aromatic N) is 1. The van der Waals surface area contributed by atoms with Crippen molar-refractivity contribution < 1.29 is 24.1 Å². The second kappa shape index (κ2) is 11.0. The van der Waals surface area contributed by atoms with Gasteiger partial charge >= 0.3 is 0 Å². The Morgan fingerprint density at radius 3 is 2.65 bits per heavy atom. The third kappa shape index (κ3) is 6.74. The Kier molecular flexibility index (Phi) is 8.43. The van der Waals surface area contributed by atoms with Crippen molar-refractivity contribution in [3.63, 3.8) is 0 Å². The van der Waals surface area contributed by atoms with Crippen molar-refractivity contribution in [1.29, 1.82) is 0 Å². The fraction of sp³-hybridized carbons (Fsp3) is 0.500. The molecular formula is C24H32ClNO5. The zero-order valence-corrected chi connectivity index (χ0v) is 19.3. The number of hydrogen-bond acceptors (Lipinski definition) is 6. The second-order valence-electron chi connectivity index (χ2n) is 8.09. The highest BCUT2D eigenvalue weighted by Crippen LogP contribution is 2.31. The first-order valence-corrected chi connectivity index (χ1v) is 10.9. The summed E-state index contributed by atoms with van der Waals surface area (Å²) in [7, 11) is 3.27. The van der Waals surface area contributed by atoms with E-state index in [1.54, 1.807) is 14.2 Å². The van der Waals surface area contributed by atoms with E-state index in [4.69, 9.17) is 30.5 Å². The highest BCUT2D eigenvalue weighted by Gasteiger charge is 2.34. The predicted molar refractivity (Wildman–Crippen MR) is 122 cm³/mol. The summed E-state index contributed by atoms with van der Waals surface area (Å²) in [5.74, 6) is 2.00. The molecule has 1 N–H and O–H groups in total. The van der Waals surface area contributed by atoms with Crippen LogP contribution in [0, 0.1) is 6.92 Å². The van der Waals surface area contributed by atoms with Gasteiger partial charge in [-0.05, 0) is 61.7 Å². The summed E-state index contributed by atoms with van der Waals surface area (Å²) in [5, 5.41) is 11.7. The van der Waals surface area contributed by atoms with Crippen LogP contribution in [0.1, 0.15) is 24.0 Å². The van der Waals surface area contributed by atoms with E-state index < -0.39 is 5.60 Å². The summed E-state index contributed by atoms with van der Waals surface area (Å²) in [5.41, 5.74) is 1.25. The van der Waals surface area contributed by atoms with Gasteiger partial charge < -0.3 is 24.1 Å². The molecule has 3 rings (SSSR count). The van der Waals surface area contributed by atoms with Gasteiger partial charge in [-0.1, -0.05) is 23.7 Å². The Morgan fingerprint density at radius 1 is 1.03 bits per heavy atom. The molecule has 6 nitrogen and oxygen atoms in total. The number of piperidine rings is 1. The number of likely N-dealkylation sites (tertiary alicyclic amines) is 1. The summed E-state index contributed by atoms with van der Waals surface area (Å²) in [4.78, 5) is 2.24. The van der Waals surface area contributed by atoms with Gasteiger partial charge in [0, 0.05) is 20.2 Å².